The van der Waals surface area contributed by atoms with Crippen LogP contribution in [0.25, 0.3) is 0 Å². The molecule has 0 radical (unpaired) electrons. The van der Waals surface area contributed by atoms with Gasteiger partial charge >= 0.3 is 0 Å². The first-order valence-electron chi connectivity index (χ1n) is 8.95. The third-order valence-corrected chi connectivity index (χ3v) is 4.95. The van der Waals surface area contributed by atoms with Crippen molar-refractivity contribution in [2.75, 3.05) is 26.6 Å². The number of nitrogens with one attached hydrogen (secondary N) is 3. The summed E-state index contributed by atoms with van der Waals surface area (Å²) >= 11 is 23.4. The lowest BCUT2D eigenvalue weighted by atomic mass is 10.1. The predicted octanol–water partition coefficient (Wildman–Crippen LogP) is 4.05. The second kappa shape index (κ2) is 11.5. The van der Waals surface area contributed by atoms with Crippen LogP contribution in [-0.4, -0.2) is 42.3 Å². The van der Waals surface area contributed by atoms with Gasteiger partial charge in [-0.05, 0) is 42.0 Å². The number of alkyl halides is 3. The molecule has 7 nitrogen and oxygen atoms in total. The number of para-hydroxylation sites is 2. The van der Waals surface area contributed by atoms with Gasteiger partial charge in [-0.15, -0.1) is 0 Å². The molecule has 0 bridgehead atoms. The minimum absolute atomic E-state index is 0.0198. The summed E-state index contributed by atoms with van der Waals surface area (Å²) in [7, 11) is 4.58. The van der Waals surface area contributed by atoms with Gasteiger partial charge in [-0.3, -0.25) is 4.79 Å². The van der Waals surface area contributed by atoms with Crippen LogP contribution < -0.4 is 30.2 Å². The van der Waals surface area contributed by atoms with Crippen LogP contribution in [0.1, 0.15) is 5.56 Å². The molecule has 0 aliphatic carbocycles. The van der Waals surface area contributed by atoms with Gasteiger partial charge in [0.2, 0.25) is 9.70 Å². The molecule has 0 heterocycles. The molecule has 0 saturated heterocycles. The number of amides is 1. The van der Waals surface area contributed by atoms with Gasteiger partial charge in [0.1, 0.15) is 11.9 Å². The van der Waals surface area contributed by atoms with Gasteiger partial charge in [0.15, 0.2) is 16.6 Å². The molecule has 0 spiro atoms. The van der Waals surface area contributed by atoms with Gasteiger partial charge in [0, 0.05) is 0 Å². The molecule has 0 fully saturated rings. The Kier molecular flexibility index (Phi) is 9.31. The van der Waals surface area contributed by atoms with E-state index >= 15 is 0 Å². The maximum Gasteiger partial charge on any atom is 0.228 e. The van der Waals surface area contributed by atoms with Crippen LogP contribution in [0.4, 0.5) is 5.69 Å². The summed E-state index contributed by atoms with van der Waals surface area (Å²) in [6.45, 7) is 0. The lowest BCUT2D eigenvalue weighted by molar-refractivity contribution is -0.121. The first kappa shape index (κ1) is 25.1. The number of benzene rings is 2. The molecule has 2 aromatic rings. The van der Waals surface area contributed by atoms with Gasteiger partial charge < -0.3 is 30.2 Å². The fourth-order valence-corrected chi connectivity index (χ4v) is 3.18. The minimum Gasteiger partial charge on any atom is -0.495 e. The first-order valence-corrected chi connectivity index (χ1v) is 10.5. The van der Waals surface area contributed by atoms with Crippen LogP contribution in [0.2, 0.25) is 0 Å². The number of halogens is 3. The quantitative estimate of drug-likeness (QED) is 0.283. The van der Waals surface area contributed by atoms with Gasteiger partial charge in [-0.25, -0.2) is 0 Å². The molecule has 168 valence electrons. The van der Waals surface area contributed by atoms with E-state index in [2.05, 4.69) is 16.0 Å². The molecule has 2 rings (SSSR count). The monoisotopic (exact) mass is 505 g/mol. The van der Waals surface area contributed by atoms with Crippen molar-refractivity contribution in [3.05, 3.63) is 48.0 Å². The summed E-state index contributed by atoms with van der Waals surface area (Å²) < 4.78 is 13.8. The summed E-state index contributed by atoms with van der Waals surface area (Å²) in [6, 6.07) is 12.3. The molecule has 0 aromatic heterocycles. The SMILES string of the molecule is COc1ccccc1NC(=S)NC(NC(=O)Cc1ccc(OC)c(OC)c1)C(Cl)(Cl)Cl. The van der Waals surface area contributed by atoms with Crippen molar-refractivity contribution in [3.8, 4) is 17.2 Å². The molecular formula is C20H22Cl3N3O4S. The van der Waals surface area contributed by atoms with Crippen LogP contribution in [0, 0.1) is 0 Å². The molecule has 1 amide bonds. The number of anilines is 1. The highest BCUT2D eigenvalue weighted by molar-refractivity contribution is 7.80. The maximum atomic E-state index is 12.6. The van der Waals surface area contributed by atoms with Crippen molar-refractivity contribution in [1.29, 1.82) is 0 Å². The van der Waals surface area contributed by atoms with E-state index in [0.29, 0.717) is 28.5 Å². The molecule has 0 aliphatic rings. The molecule has 31 heavy (non-hydrogen) atoms. The number of hydrogen-bond acceptors (Lipinski definition) is 5. The Morgan fingerprint density at radius 1 is 0.968 bits per heavy atom. The topological polar surface area (TPSA) is 80.9 Å². The second-order valence-electron chi connectivity index (χ2n) is 6.21. The number of thiocarbonyl (C=S) groups is 1. The van der Waals surface area contributed by atoms with Crippen LogP contribution >= 0.6 is 47.0 Å². The Hall–Kier alpha value is -2.13. The van der Waals surface area contributed by atoms with E-state index in [1.165, 1.54) is 21.3 Å². The van der Waals surface area contributed by atoms with E-state index in [9.17, 15) is 4.79 Å². The van der Waals surface area contributed by atoms with Crippen LogP contribution in [0.15, 0.2) is 42.5 Å². The summed E-state index contributed by atoms with van der Waals surface area (Å²) in [5.41, 5.74) is 1.30. The smallest absolute Gasteiger partial charge is 0.228 e. The Morgan fingerprint density at radius 2 is 1.61 bits per heavy atom. The zero-order chi connectivity index (χ0) is 23.0. The van der Waals surface area contributed by atoms with E-state index in [-0.39, 0.29) is 11.5 Å². The van der Waals surface area contributed by atoms with Crippen LogP contribution in [0.3, 0.4) is 0 Å². The Bertz CT molecular complexity index is 925. The van der Waals surface area contributed by atoms with Gasteiger partial charge in [-0.2, -0.15) is 0 Å². The molecule has 1 unspecified atom stereocenters. The van der Waals surface area contributed by atoms with Gasteiger partial charge in [-0.1, -0.05) is 53.0 Å². The zero-order valence-corrected chi connectivity index (χ0v) is 20.1. The van der Waals surface area contributed by atoms with Crippen molar-refractivity contribution in [2.24, 2.45) is 0 Å². The fourth-order valence-electron chi connectivity index (χ4n) is 2.63. The number of rotatable bonds is 8. The molecule has 0 saturated carbocycles. The van der Waals surface area contributed by atoms with E-state index in [0.717, 1.165) is 0 Å². The number of methoxy groups -OCH3 is 3. The number of carbonyl (C=O) groups excluding carboxylic acids is 1. The van der Waals surface area contributed by atoms with E-state index in [4.69, 9.17) is 61.2 Å². The van der Waals surface area contributed by atoms with Crippen molar-refractivity contribution >= 4 is 63.7 Å². The molecule has 0 aliphatic heterocycles. The average Bonchev–Trinajstić information content (AvgIpc) is 2.72. The molecule has 3 N–H and O–H groups in total. The lowest BCUT2D eigenvalue weighted by Crippen LogP contribution is -2.56. The highest BCUT2D eigenvalue weighted by atomic mass is 35.6. The van der Waals surface area contributed by atoms with Crippen molar-refractivity contribution in [1.82, 2.24) is 10.6 Å². The van der Waals surface area contributed by atoms with Crippen molar-refractivity contribution < 1.29 is 19.0 Å². The third kappa shape index (κ3) is 7.50. The molecular weight excluding hydrogens is 485 g/mol. The maximum absolute atomic E-state index is 12.6. The van der Waals surface area contributed by atoms with Crippen LogP contribution in [0.5, 0.6) is 17.2 Å². The van der Waals surface area contributed by atoms with Crippen molar-refractivity contribution in [3.63, 3.8) is 0 Å². The summed E-state index contributed by atoms with van der Waals surface area (Å²) in [5.74, 6) is 1.25. The Balaban J connectivity index is 2.06. The highest BCUT2D eigenvalue weighted by Crippen LogP contribution is 2.30. The third-order valence-electron chi connectivity index (χ3n) is 4.08. The summed E-state index contributed by atoms with van der Waals surface area (Å²) in [6.07, 6.45) is -1.08. The molecule has 1 atom stereocenters. The van der Waals surface area contributed by atoms with Gasteiger partial charge in [0.25, 0.3) is 0 Å². The molecule has 11 heteroatoms. The standard InChI is InChI=1S/C20H22Cl3N3O4S/c1-28-14-7-5-4-6-13(14)24-19(31)26-18(20(21,22)23)25-17(27)11-12-8-9-15(29-2)16(10-12)30-3/h4-10,18H,11H2,1-3H3,(H,25,27)(H2,24,26,31). The zero-order valence-electron chi connectivity index (χ0n) is 17.0. The number of ether oxygens (including phenoxy) is 3. The van der Waals surface area contributed by atoms with Gasteiger partial charge in [0.05, 0.1) is 33.4 Å². The average molecular weight is 507 g/mol. The summed E-state index contributed by atoms with van der Waals surface area (Å²) in [4.78, 5) is 12.6. The van der Waals surface area contributed by atoms with Crippen molar-refractivity contribution in [2.45, 2.75) is 16.4 Å². The lowest BCUT2D eigenvalue weighted by Gasteiger charge is -2.28. The van der Waals surface area contributed by atoms with E-state index < -0.39 is 15.9 Å². The first-order chi connectivity index (χ1) is 14.7. The normalized spacial score (nSPS) is 11.8. The number of hydrogen-bond donors (Lipinski definition) is 3. The summed E-state index contributed by atoms with van der Waals surface area (Å²) in [5, 5.41) is 8.53. The van der Waals surface area contributed by atoms with Crippen LogP contribution in [-0.2, 0) is 11.2 Å². The Morgan fingerprint density at radius 3 is 2.23 bits per heavy atom. The highest BCUT2D eigenvalue weighted by Gasteiger charge is 2.34. The van der Waals surface area contributed by atoms with E-state index in [1.807, 2.05) is 12.1 Å². The second-order valence-corrected chi connectivity index (χ2v) is 8.98. The number of carbonyl (C=O) groups is 1. The molecule has 2 aromatic carbocycles. The largest absolute Gasteiger partial charge is 0.495 e. The fraction of sp³-hybridized carbons (Fsp3) is 0.300. The predicted molar refractivity (Wildman–Crippen MR) is 128 cm³/mol. The Labute approximate surface area is 201 Å². The van der Waals surface area contributed by atoms with E-state index in [1.54, 1.807) is 30.3 Å². The minimum atomic E-state index is -1.88.